The maximum atomic E-state index is 11.6. The number of aromatic nitrogens is 1. The third-order valence-corrected chi connectivity index (χ3v) is 2.16. The molecule has 1 aromatic carbocycles. The largest absolute Gasteiger partial charge is 0.402 e. The fraction of sp³-hybridized carbons (Fsp3) is 0. The van der Waals surface area contributed by atoms with Gasteiger partial charge in [0.1, 0.15) is 5.02 Å². The zero-order valence-electron chi connectivity index (χ0n) is 8.18. The maximum absolute atomic E-state index is 11.6. The minimum Gasteiger partial charge on any atom is -0.402 e. The zero-order chi connectivity index (χ0) is 11.4. The van der Waals surface area contributed by atoms with E-state index in [0.29, 0.717) is 5.56 Å². The Bertz CT molecular complexity index is 499. The second-order valence-electron chi connectivity index (χ2n) is 2.98. The number of hydrogen-bond donors (Lipinski definition) is 0. The van der Waals surface area contributed by atoms with Crippen LogP contribution in [0, 0.1) is 6.20 Å². The molecule has 0 unspecified atom stereocenters. The van der Waals surface area contributed by atoms with Crippen LogP contribution in [0.1, 0.15) is 10.4 Å². The van der Waals surface area contributed by atoms with Gasteiger partial charge in [0.15, 0.2) is 0 Å². The molecule has 2 aromatic rings. The fourth-order valence-corrected chi connectivity index (χ4v) is 1.27. The number of rotatable bonds is 2. The van der Waals surface area contributed by atoms with Gasteiger partial charge in [-0.2, -0.15) is 0 Å². The van der Waals surface area contributed by atoms with E-state index in [0.717, 1.165) is 0 Å². The lowest BCUT2D eigenvalue weighted by Crippen LogP contribution is -2.09. The van der Waals surface area contributed by atoms with Crippen molar-refractivity contribution in [2.24, 2.45) is 0 Å². The van der Waals surface area contributed by atoms with Gasteiger partial charge in [-0.3, -0.25) is 0 Å². The molecule has 0 atom stereocenters. The molecule has 3 nitrogen and oxygen atoms in total. The lowest BCUT2D eigenvalue weighted by Gasteiger charge is -2.03. The highest BCUT2D eigenvalue weighted by Gasteiger charge is 2.10. The monoisotopic (exact) mass is 232 g/mol. The van der Waals surface area contributed by atoms with E-state index in [-0.39, 0.29) is 10.9 Å². The van der Waals surface area contributed by atoms with E-state index < -0.39 is 5.97 Å². The molecule has 0 spiro atoms. The van der Waals surface area contributed by atoms with Crippen molar-refractivity contribution in [2.45, 2.75) is 0 Å². The van der Waals surface area contributed by atoms with Gasteiger partial charge in [-0.1, -0.05) is 29.8 Å². The highest BCUT2D eigenvalue weighted by atomic mass is 35.5. The third kappa shape index (κ3) is 2.38. The molecule has 0 fully saturated rings. The third-order valence-electron chi connectivity index (χ3n) is 1.87. The van der Waals surface area contributed by atoms with Crippen LogP contribution in [0.4, 0.5) is 0 Å². The number of hydrogen-bond acceptors (Lipinski definition) is 3. The van der Waals surface area contributed by atoms with Crippen molar-refractivity contribution in [2.75, 3.05) is 0 Å². The van der Waals surface area contributed by atoms with Gasteiger partial charge < -0.3 is 4.74 Å². The first kappa shape index (κ1) is 10.6. The van der Waals surface area contributed by atoms with Crippen LogP contribution in [-0.2, 0) is 0 Å². The van der Waals surface area contributed by atoms with E-state index in [2.05, 4.69) is 11.2 Å². The first-order chi connectivity index (χ1) is 7.77. The van der Waals surface area contributed by atoms with Gasteiger partial charge in [0.05, 0.1) is 11.8 Å². The summed E-state index contributed by atoms with van der Waals surface area (Å²) in [5.41, 5.74) is 0.448. The van der Waals surface area contributed by atoms with Crippen molar-refractivity contribution in [3.8, 4) is 5.88 Å². The molecule has 0 aliphatic rings. The second kappa shape index (κ2) is 4.77. The fourth-order valence-electron chi connectivity index (χ4n) is 1.12. The molecule has 0 amide bonds. The number of ether oxygens (including phenoxy) is 1. The molecule has 0 N–H and O–H groups in total. The summed E-state index contributed by atoms with van der Waals surface area (Å²) in [7, 11) is 0. The molecule has 0 aliphatic heterocycles. The minimum absolute atomic E-state index is 0.0676. The number of benzene rings is 1. The Morgan fingerprint density at radius 2 is 2.00 bits per heavy atom. The molecule has 79 valence electrons. The van der Waals surface area contributed by atoms with Gasteiger partial charge in [-0.15, -0.1) is 0 Å². The molecular weight excluding hydrogens is 226 g/mol. The molecule has 1 radical (unpaired) electrons. The number of pyridine rings is 1. The van der Waals surface area contributed by atoms with E-state index in [1.165, 1.54) is 0 Å². The van der Waals surface area contributed by atoms with Gasteiger partial charge in [0.25, 0.3) is 0 Å². The maximum Gasteiger partial charge on any atom is 0.344 e. The Hall–Kier alpha value is -1.87. The van der Waals surface area contributed by atoms with Crippen LogP contribution in [0.5, 0.6) is 5.88 Å². The molecule has 0 bridgehead atoms. The standard InChI is InChI=1S/C12H7ClNO2/c13-10-7-4-8-14-11(10)16-12(15)9-5-2-1-3-6-9/h1-7H. The SMILES string of the molecule is O=C(Oc1n[c]ccc1Cl)c1ccccc1. The van der Waals surface area contributed by atoms with E-state index in [4.69, 9.17) is 16.3 Å². The summed E-state index contributed by atoms with van der Waals surface area (Å²) in [5.74, 6) is -0.424. The summed E-state index contributed by atoms with van der Waals surface area (Å²) < 4.78 is 5.02. The predicted octanol–water partition coefficient (Wildman–Crippen LogP) is 2.75. The quantitative estimate of drug-likeness (QED) is 0.748. The van der Waals surface area contributed by atoms with Crippen LogP contribution in [0.2, 0.25) is 5.02 Å². The number of halogens is 1. The Kier molecular flexibility index (Phi) is 3.17. The van der Waals surface area contributed by atoms with Crippen molar-refractivity contribution in [3.05, 3.63) is 59.2 Å². The van der Waals surface area contributed by atoms with E-state index in [1.807, 2.05) is 6.07 Å². The molecule has 1 heterocycles. The molecule has 2 rings (SSSR count). The Balaban J connectivity index is 2.18. The van der Waals surface area contributed by atoms with Gasteiger partial charge in [-0.05, 0) is 24.3 Å². The zero-order valence-corrected chi connectivity index (χ0v) is 8.94. The van der Waals surface area contributed by atoms with Gasteiger partial charge in [0.2, 0.25) is 5.88 Å². The summed E-state index contributed by atoms with van der Waals surface area (Å²) in [6.07, 6.45) is 2.55. The summed E-state index contributed by atoms with van der Waals surface area (Å²) in [4.78, 5) is 15.4. The summed E-state index contributed by atoms with van der Waals surface area (Å²) in [5, 5.41) is 0.281. The van der Waals surface area contributed by atoms with Crippen LogP contribution < -0.4 is 4.74 Å². The smallest absolute Gasteiger partial charge is 0.344 e. The van der Waals surface area contributed by atoms with Crippen molar-refractivity contribution < 1.29 is 9.53 Å². The van der Waals surface area contributed by atoms with Crippen molar-refractivity contribution in [3.63, 3.8) is 0 Å². The van der Waals surface area contributed by atoms with Crippen molar-refractivity contribution >= 4 is 17.6 Å². The van der Waals surface area contributed by atoms with Crippen LogP contribution in [0.15, 0.2) is 42.5 Å². The number of esters is 1. The first-order valence-corrected chi connectivity index (χ1v) is 4.95. The highest BCUT2D eigenvalue weighted by Crippen LogP contribution is 2.20. The van der Waals surface area contributed by atoms with Crippen LogP contribution in [-0.4, -0.2) is 11.0 Å². The molecule has 0 aliphatic carbocycles. The average molecular weight is 233 g/mol. The highest BCUT2D eigenvalue weighted by molar-refractivity contribution is 6.31. The normalized spacial score (nSPS) is 9.81. The number of carbonyl (C=O) groups excluding carboxylic acids is 1. The Labute approximate surface area is 97.7 Å². The topological polar surface area (TPSA) is 39.2 Å². The van der Waals surface area contributed by atoms with E-state index in [9.17, 15) is 4.79 Å². The number of nitrogens with zero attached hydrogens (tertiary/aromatic N) is 1. The molecule has 1 aromatic heterocycles. The Morgan fingerprint density at radius 3 is 2.69 bits per heavy atom. The van der Waals surface area contributed by atoms with Crippen LogP contribution in [0.25, 0.3) is 0 Å². The summed E-state index contributed by atoms with van der Waals surface area (Å²) >= 11 is 5.80. The lowest BCUT2D eigenvalue weighted by atomic mass is 10.2. The van der Waals surface area contributed by atoms with Gasteiger partial charge in [0, 0.05) is 0 Å². The second-order valence-corrected chi connectivity index (χ2v) is 3.39. The molecule has 16 heavy (non-hydrogen) atoms. The molecule has 0 saturated carbocycles. The van der Waals surface area contributed by atoms with E-state index in [1.54, 1.807) is 36.4 Å². The van der Waals surface area contributed by atoms with Crippen molar-refractivity contribution in [1.82, 2.24) is 4.98 Å². The van der Waals surface area contributed by atoms with Gasteiger partial charge in [-0.25, -0.2) is 9.78 Å². The van der Waals surface area contributed by atoms with Crippen LogP contribution in [0.3, 0.4) is 0 Å². The summed E-state index contributed by atoms with van der Waals surface area (Å²) in [6.45, 7) is 0. The Morgan fingerprint density at radius 1 is 1.25 bits per heavy atom. The molecule has 4 heteroatoms. The van der Waals surface area contributed by atoms with Gasteiger partial charge >= 0.3 is 5.97 Å². The average Bonchev–Trinajstić information content (AvgIpc) is 2.33. The van der Waals surface area contributed by atoms with Crippen LogP contribution >= 0.6 is 11.6 Å². The lowest BCUT2D eigenvalue weighted by molar-refractivity contribution is 0.0727. The molecular formula is C12H7ClNO2. The predicted molar refractivity (Wildman–Crippen MR) is 59.5 cm³/mol. The number of carbonyl (C=O) groups is 1. The first-order valence-electron chi connectivity index (χ1n) is 4.57. The summed E-state index contributed by atoms with van der Waals surface area (Å²) in [6, 6.07) is 11.7. The molecule has 0 saturated heterocycles. The minimum atomic E-state index is -0.491. The van der Waals surface area contributed by atoms with E-state index >= 15 is 0 Å². The van der Waals surface area contributed by atoms with Crippen molar-refractivity contribution in [1.29, 1.82) is 0 Å².